The molecule has 0 saturated carbocycles. The molecule has 4 aromatic rings. The van der Waals surface area contributed by atoms with Crippen LogP contribution in [0.1, 0.15) is 41.0 Å². The third-order valence-electron chi connectivity index (χ3n) is 6.81. The number of anilines is 5. The van der Waals surface area contributed by atoms with Crippen molar-refractivity contribution in [2.24, 2.45) is 10.2 Å². The molecule has 1 aliphatic carbocycles. The summed E-state index contributed by atoms with van der Waals surface area (Å²) in [7, 11) is 0. The number of hydrogen-bond donors (Lipinski definition) is 2. The third kappa shape index (κ3) is 5.01. The highest BCUT2D eigenvalue weighted by Crippen LogP contribution is 2.36. The number of fused-ring (bicyclic) bond motifs is 1. The fraction of sp³-hybridized carbons (Fsp3) is 0.321. The summed E-state index contributed by atoms with van der Waals surface area (Å²) in [5.41, 5.74) is 7.59. The third-order valence-corrected chi connectivity index (χ3v) is 8.91. The van der Waals surface area contributed by atoms with Gasteiger partial charge in [-0.1, -0.05) is 11.3 Å². The first kappa shape index (κ1) is 23.2. The summed E-state index contributed by atoms with van der Waals surface area (Å²) in [6, 6.07) is 17.1. The second kappa shape index (κ2) is 10.0. The van der Waals surface area contributed by atoms with Crippen molar-refractivity contribution in [1.29, 1.82) is 0 Å². The largest absolute Gasteiger partial charge is 0.363 e. The highest BCUT2D eigenvalue weighted by atomic mass is 32.1. The van der Waals surface area contributed by atoms with E-state index in [0.29, 0.717) is 0 Å². The quantitative estimate of drug-likeness (QED) is 0.242. The number of aryl methyl sites for hydroxylation is 4. The van der Waals surface area contributed by atoms with Crippen LogP contribution in [-0.2, 0) is 12.8 Å². The number of benzene rings is 2. The standard InChI is InChI=1S/C28H30N6S2/c1-18-16-21(30-26-12-13-27(36-26)34-14-3-4-15-34)8-10-22(18)29-20-9-11-23(19(2)17-20)32-33-28-31-24-6-5-7-25(24)35-28/h8-13,16-17,29-30H,3-7,14-15H2,1-2H3. The Labute approximate surface area is 220 Å². The number of nitrogens with one attached hydrogen (secondary N) is 2. The molecule has 2 aromatic carbocycles. The predicted octanol–water partition coefficient (Wildman–Crippen LogP) is 8.81. The number of azo groups is 1. The Hall–Kier alpha value is -3.23. The van der Waals surface area contributed by atoms with Crippen molar-refractivity contribution >= 4 is 60.6 Å². The van der Waals surface area contributed by atoms with Gasteiger partial charge in [0.15, 0.2) is 0 Å². The Kier molecular flexibility index (Phi) is 6.46. The molecule has 0 amide bonds. The lowest BCUT2D eigenvalue weighted by Crippen LogP contribution is -2.15. The van der Waals surface area contributed by atoms with Gasteiger partial charge in [-0.15, -0.1) is 21.6 Å². The number of aromatic nitrogens is 1. The molecular weight excluding hydrogens is 484 g/mol. The van der Waals surface area contributed by atoms with Gasteiger partial charge >= 0.3 is 0 Å². The zero-order chi connectivity index (χ0) is 24.5. The van der Waals surface area contributed by atoms with Crippen molar-refractivity contribution in [1.82, 2.24) is 4.98 Å². The molecule has 0 spiro atoms. The van der Waals surface area contributed by atoms with E-state index in [-0.39, 0.29) is 0 Å². The predicted molar refractivity (Wildman–Crippen MR) is 153 cm³/mol. The maximum atomic E-state index is 4.61. The molecule has 2 N–H and O–H groups in total. The first-order chi connectivity index (χ1) is 17.6. The Bertz CT molecular complexity index is 1390. The van der Waals surface area contributed by atoms with Crippen LogP contribution in [0.3, 0.4) is 0 Å². The fourth-order valence-corrected chi connectivity index (χ4v) is 6.79. The highest BCUT2D eigenvalue weighted by Gasteiger charge is 2.17. The number of thiophene rings is 1. The molecule has 0 unspecified atom stereocenters. The summed E-state index contributed by atoms with van der Waals surface area (Å²) in [5, 5.41) is 19.3. The molecule has 0 bridgehead atoms. The van der Waals surface area contributed by atoms with Gasteiger partial charge in [0, 0.05) is 35.0 Å². The maximum Gasteiger partial charge on any atom is 0.230 e. The maximum absolute atomic E-state index is 4.61. The summed E-state index contributed by atoms with van der Waals surface area (Å²) in [6.45, 7) is 6.56. The van der Waals surface area contributed by atoms with E-state index < -0.39 is 0 Å². The van der Waals surface area contributed by atoms with Gasteiger partial charge < -0.3 is 15.5 Å². The van der Waals surface area contributed by atoms with Gasteiger partial charge in [0.1, 0.15) is 0 Å². The molecule has 0 atom stereocenters. The smallest absolute Gasteiger partial charge is 0.230 e. The molecule has 6 nitrogen and oxygen atoms in total. The minimum absolute atomic E-state index is 0.764. The monoisotopic (exact) mass is 514 g/mol. The summed E-state index contributed by atoms with van der Waals surface area (Å²) < 4.78 is 0. The number of thiazole rings is 1. The van der Waals surface area contributed by atoms with Crippen molar-refractivity contribution in [2.75, 3.05) is 28.6 Å². The molecule has 184 valence electrons. The first-order valence-corrected chi connectivity index (χ1v) is 14.2. The van der Waals surface area contributed by atoms with Crippen LogP contribution < -0.4 is 15.5 Å². The summed E-state index contributed by atoms with van der Waals surface area (Å²) >= 11 is 3.50. The molecule has 8 heteroatoms. The Morgan fingerprint density at radius 3 is 2.42 bits per heavy atom. The lowest BCUT2D eigenvalue weighted by atomic mass is 10.1. The Balaban J connectivity index is 1.10. The highest BCUT2D eigenvalue weighted by molar-refractivity contribution is 7.20. The zero-order valence-electron chi connectivity index (χ0n) is 20.7. The van der Waals surface area contributed by atoms with Crippen molar-refractivity contribution < 1.29 is 0 Å². The van der Waals surface area contributed by atoms with Gasteiger partial charge in [-0.2, -0.15) is 0 Å². The molecule has 36 heavy (non-hydrogen) atoms. The van der Waals surface area contributed by atoms with Crippen molar-refractivity contribution in [3.05, 3.63) is 70.2 Å². The van der Waals surface area contributed by atoms with Gasteiger partial charge in [-0.3, -0.25) is 0 Å². The average molecular weight is 515 g/mol. The number of nitrogens with zero attached hydrogens (tertiary/aromatic N) is 4. The lowest BCUT2D eigenvalue weighted by Gasteiger charge is -2.14. The Morgan fingerprint density at radius 1 is 0.806 bits per heavy atom. The van der Waals surface area contributed by atoms with Crippen molar-refractivity contribution in [3.8, 4) is 0 Å². The van der Waals surface area contributed by atoms with E-state index in [2.05, 4.69) is 87.1 Å². The van der Waals surface area contributed by atoms with Crippen molar-refractivity contribution in [2.45, 2.75) is 46.0 Å². The molecule has 3 heterocycles. The second-order valence-corrected chi connectivity index (χ2v) is 11.7. The van der Waals surface area contributed by atoms with E-state index >= 15 is 0 Å². The molecule has 2 aliphatic rings. The van der Waals surface area contributed by atoms with E-state index in [0.717, 1.165) is 46.3 Å². The average Bonchev–Trinajstić information content (AvgIpc) is 3.65. The van der Waals surface area contributed by atoms with Crippen LogP contribution in [0.5, 0.6) is 0 Å². The van der Waals surface area contributed by atoms with Gasteiger partial charge in [0.2, 0.25) is 5.13 Å². The fourth-order valence-electron chi connectivity index (χ4n) is 4.84. The molecule has 1 saturated heterocycles. The van der Waals surface area contributed by atoms with Crippen LogP contribution >= 0.6 is 22.7 Å². The zero-order valence-corrected chi connectivity index (χ0v) is 22.3. The molecule has 0 radical (unpaired) electrons. The van der Waals surface area contributed by atoms with E-state index in [1.807, 2.05) is 17.4 Å². The van der Waals surface area contributed by atoms with Crippen LogP contribution in [-0.4, -0.2) is 18.1 Å². The summed E-state index contributed by atoms with van der Waals surface area (Å²) in [4.78, 5) is 8.46. The number of hydrogen-bond acceptors (Lipinski definition) is 8. The first-order valence-electron chi connectivity index (χ1n) is 12.6. The van der Waals surface area contributed by atoms with Crippen molar-refractivity contribution in [3.63, 3.8) is 0 Å². The molecule has 2 aromatic heterocycles. The van der Waals surface area contributed by atoms with Gasteiger partial charge in [0.05, 0.1) is 21.4 Å². The van der Waals surface area contributed by atoms with Crippen LogP contribution in [0.4, 0.5) is 37.9 Å². The van der Waals surface area contributed by atoms with E-state index in [9.17, 15) is 0 Å². The van der Waals surface area contributed by atoms with Gasteiger partial charge in [-0.25, -0.2) is 4.98 Å². The minimum atomic E-state index is 0.764. The van der Waals surface area contributed by atoms with E-state index in [4.69, 9.17) is 0 Å². The molecular formula is C28H30N6S2. The summed E-state index contributed by atoms with van der Waals surface area (Å²) in [5.74, 6) is 0. The molecule has 1 aliphatic heterocycles. The van der Waals surface area contributed by atoms with Crippen LogP contribution in [0.25, 0.3) is 0 Å². The van der Waals surface area contributed by atoms with Gasteiger partial charge in [-0.05, 0) is 106 Å². The Morgan fingerprint density at radius 2 is 1.61 bits per heavy atom. The normalized spacial score (nSPS) is 15.1. The van der Waals surface area contributed by atoms with Crippen LogP contribution in [0, 0.1) is 13.8 Å². The van der Waals surface area contributed by atoms with Crippen LogP contribution in [0.2, 0.25) is 0 Å². The number of rotatable bonds is 7. The van der Waals surface area contributed by atoms with Gasteiger partial charge in [0.25, 0.3) is 0 Å². The topological polar surface area (TPSA) is 64.9 Å². The molecule has 1 fully saturated rings. The van der Waals surface area contributed by atoms with Crippen LogP contribution in [0.15, 0.2) is 58.8 Å². The second-order valence-electron chi connectivity index (χ2n) is 9.53. The van der Waals surface area contributed by atoms with E-state index in [1.54, 1.807) is 11.3 Å². The van der Waals surface area contributed by atoms with E-state index in [1.165, 1.54) is 58.5 Å². The lowest BCUT2D eigenvalue weighted by molar-refractivity contribution is 0.898. The minimum Gasteiger partial charge on any atom is -0.363 e. The molecule has 6 rings (SSSR count). The summed E-state index contributed by atoms with van der Waals surface area (Å²) in [6.07, 6.45) is 6.02. The SMILES string of the molecule is Cc1cc(Nc2ccc(Nc3ccc(N4CCCC4)s3)cc2C)ccc1N=Nc1nc2c(s1)CCC2.